The molecule has 1 N–H and O–H groups in total. The molecule has 0 unspecified atom stereocenters. The highest BCUT2D eigenvalue weighted by Crippen LogP contribution is 2.31. The fraction of sp³-hybridized carbons (Fsp3) is 0.600. The highest BCUT2D eigenvalue weighted by molar-refractivity contribution is 5.85. The summed E-state index contributed by atoms with van der Waals surface area (Å²) in [7, 11) is 1.64. The quantitative estimate of drug-likeness (QED) is 0.664. The van der Waals surface area contributed by atoms with E-state index in [0.717, 1.165) is 17.4 Å². The van der Waals surface area contributed by atoms with Crippen molar-refractivity contribution in [3.8, 4) is 5.75 Å². The Morgan fingerprint density at radius 1 is 1.25 bits per heavy atom. The van der Waals surface area contributed by atoms with Crippen molar-refractivity contribution in [1.82, 2.24) is 9.80 Å². The van der Waals surface area contributed by atoms with Crippen LogP contribution in [0.5, 0.6) is 5.75 Å². The molecule has 7 nitrogen and oxygen atoms in total. The molecule has 2 saturated heterocycles. The molecule has 0 radical (unpaired) electrons. The van der Waals surface area contributed by atoms with E-state index >= 15 is 0 Å². The number of amides is 1. The Labute approximate surface area is 188 Å². The second kappa shape index (κ2) is 10.0. The first-order valence-electron chi connectivity index (χ1n) is 11.7. The van der Waals surface area contributed by atoms with Crippen LogP contribution < -0.4 is 5.63 Å². The monoisotopic (exact) mass is 442 g/mol. The molecular formula is C25H34N2O5. The first-order chi connectivity index (χ1) is 15.5. The number of hydrogen-bond donors (Lipinski definition) is 1. The van der Waals surface area contributed by atoms with Gasteiger partial charge in [0.25, 0.3) is 0 Å². The van der Waals surface area contributed by atoms with E-state index in [1.54, 1.807) is 19.2 Å². The minimum atomic E-state index is -0.517. The Hall–Kier alpha value is -2.38. The first kappa shape index (κ1) is 22.8. The minimum Gasteiger partial charge on any atom is -0.508 e. The van der Waals surface area contributed by atoms with Gasteiger partial charge in [0.2, 0.25) is 5.91 Å². The molecule has 3 heterocycles. The van der Waals surface area contributed by atoms with Gasteiger partial charge >= 0.3 is 5.63 Å². The van der Waals surface area contributed by atoms with Crippen LogP contribution in [0.15, 0.2) is 27.4 Å². The van der Waals surface area contributed by atoms with Gasteiger partial charge in [0.1, 0.15) is 11.3 Å². The summed E-state index contributed by atoms with van der Waals surface area (Å²) in [5.41, 5.74) is 0.933. The topological polar surface area (TPSA) is 83.2 Å². The number of carbonyl (C=O) groups is 1. The lowest BCUT2D eigenvalue weighted by Gasteiger charge is -2.45. The van der Waals surface area contributed by atoms with Gasteiger partial charge in [-0.05, 0) is 69.3 Å². The fourth-order valence-corrected chi connectivity index (χ4v) is 5.44. The van der Waals surface area contributed by atoms with E-state index in [4.69, 9.17) is 9.15 Å². The third-order valence-corrected chi connectivity index (χ3v) is 7.20. The Balaban J connectivity index is 1.54. The summed E-state index contributed by atoms with van der Waals surface area (Å²) in [4.78, 5) is 30.5. The molecule has 0 saturated carbocycles. The molecule has 1 aromatic carbocycles. The van der Waals surface area contributed by atoms with E-state index in [1.807, 2.05) is 11.8 Å². The molecular weight excluding hydrogens is 408 g/mol. The molecule has 7 heteroatoms. The second-order valence-corrected chi connectivity index (χ2v) is 9.18. The summed E-state index contributed by atoms with van der Waals surface area (Å²) >= 11 is 0. The van der Waals surface area contributed by atoms with Gasteiger partial charge in [0.05, 0.1) is 18.6 Å². The van der Waals surface area contributed by atoms with Crippen molar-refractivity contribution in [3.05, 3.63) is 39.7 Å². The van der Waals surface area contributed by atoms with Crippen molar-refractivity contribution < 1.29 is 19.1 Å². The summed E-state index contributed by atoms with van der Waals surface area (Å²) in [6, 6.07) is 5.26. The number of carbonyl (C=O) groups excluding carboxylic acids is 1. The zero-order valence-corrected chi connectivity index (χ0v) is 19.1. The molecule has 32 heavy (non-hydrogen) atoms. The zero-order chi connectivity index (χ0) is 22.7. The summed E-state index contributed by atoms with van der Waals surface area (Å²) in [6.07, 6.45) is 6.06. The van der Waals surface area contributed by atoms with Gasteiger partial charge in [-0.1, -0.05) is 6.42 Å². The third kappa shape index (κ3) is 4.84. The molecule has 2 aromatic rings. The molecule has 1 amide bonds. The Morgan fingerprint density at radius 3 is 2.88 bits per heavy atom. The van der Waals surface area contributed by atoms with E-state index < -0.39 is 5.63 Å². The molecule has 0 spiro atoms. The minimum absolute atomic E-state index is 0.00972. The van der Waals surface area contributed by atoms with Crippen molar-refractivity contribution in [1.29, 1.82) is 0 Å². The van der Waals surface area contributed by atoms with Crippen molar-refractivity contribution >= 4 is 16.9 Å². The van der Waals surface area contributed by atoms with Gasteiger partial charge in [-0.3, -0.25) is 4.79 Å². The fourth-order valence-electron chi connectivity index (χ4n) is 5.44. The van der Waals surface area contributed by atoms with Crippen LogP contribution in [0.4, 0.5) is 0 Å². The highest BCUT2D eigenvalue weighted by Gasteiger charge is 2.34. The molecule has 0 bridgehead atoms. The van der Waals surface area contributed by atoms with Crippen molar-refractivity contribution in [2.24, 2.45) is 5.92 Å². The second-order valence-electron chi connectivity index (χ2n) is 9.18. The van der Waals surface area contributed by atoms with Crippen LogP contribution in [-0.4, -0.2) is 66.8 Å². The SMILES string of the molecule is COCCN(C[C@@H]1CCCN2CCCC[C@H]12)C(=O)Cc1c(C)c2ccc(O)cc2oc1=O. The number of aryl methyl sites for hydroxylation is 1. The number of rotatable bonds is 7. The van der Waals surface area contributed by atoms with Crippen LogP contribution in [0.3, 0.4) is 0 Å². The predicted molar refractivity (Wildman–Crippen MR) is 123 cm³/mol. The van der Waals surface area contributed by atoms with Crippen molar-refractivity contribution in [2.75, 3.05) is 39.9 Å². The number of phenols is 1. The lowest BCUT2D eigenvalue weighted by atomic mass is 9.83. The number of benzene rings is 1. The van der Waals surface area contributed by atoms with Gasteiger partial charge in [-0.2, -0.15) is 0 Å². The van der Waals surface area contributed by atoms with Crippen LogP contribution in [0.25, 0.3) is 11.0 Å². The Bertz CT molecular complexity index is 1020. The molecule has 2 atom stereocenters. The largest absolute Gasteiger partial charge is 0.508 e. The predicted octanol–water partition coefficient (Wildman–Crippen LogP) is 3.09. The maximum atomic E-state index is 13.4. The molecule has 2 aliphatic heterocycles. The lowest BCUT2D eigenvalue weighted by molar-refractivity contribution is -0.132. The van der Waals surface area contributed by atoms with E-state index in [9.17, 15) is 14.7 Å². The highest BCUT2D eigenvalue weighted by atomic mass is 16.5. The molecule has 1 aromatic heterocycles. The number of fused-ring (bicyclic) bond motifs is 2. The van der Waals surface area contributed by atoms with Crippen LogP contribution >= 0.6 is 0 Å². The maximum absolute atomic E-state index is 13.4. The van der Waals surface area contributed by atoms with Gasteiger partial charge in [0.15, 0.2) is 0 Å². The van der Waals surface area contributed by atoms with E-state index in [0.29, 0.717) is 42.8 Å². The average molecular weight is 443 g/mol. The average Bonchev–Trinajstić information content (AvgIpc) is 2.79. The van der Waals surface area contributed by atoms with Crippen LogP contribution in [0.1, 0.15) is 43.2 Å². The first-order valence-corrected chi connectivity index (χ1v) is 11.7. The van der Waals surface area contributed by atoms with Crippen LogP contribution in [-0.2, 0) is 16.0 Å². The van der Waals surface area contributed by atoms with Gasteiger partial charge in [-0.15, -0.1) is 0 Å². The van der Waals surface area contributed by atoms with Crippen molar-refractivity contribution in [2.45, 2.75) is 51.5 Å². The Kier molecular flexibility index (Phi) is 7.16. The number of nitrogens with zero attached hydrogens (tertiary/aromatic N) is 2. The number of aromatic hydroxyl groups is 1. The van der Waals surface area contributed by atoms with Gasteiger partial charge in [0, 0.05) is 37.7 Å². The van der Waals surface area contributed by atoms with Crippen molar-refractivity contribution in [3.63, 3.8) is 0 Å². The number of ether oxygens (including phenoxy) is 1. The maximum Gasteiger partial charge on any atom is 0.340 e. The summed E-state index contributed by atoms with van der Waals surface area (Å²) in [5, 5.41) is 10.4. The van der Waals surface area contributed by atoms with E-state index in [1.165, 1.54) is 44.8 Å². The third-order valence-electron chi connectivity index (χ3n) is 7.20. The molecule has 2 fully saturated rings. The van der Waals surface area contributed by atoms with E-state index in [-0.39, 0.29) is 18.1 Å². The number of methoxy groups -OCH3 is 1. The summed E-state index contributed by atoms with van der Waals surface area (Å²) in [5.74, 6) is 0.435. The van der Waals surface area contributed by atoms with Crippen LogP contribution in [0, 0.1) is 12.8 Å². The van der Waals surface area contributed by atoms with Gasteiger partial charge < -0.3 is 24.1 Å². The van der Waals surface area contributed by atoms with E-state index in [2.05, 4.69) is 4.90 Å². The molecule has 0 aliphatic carbocycles. The lowest BCUT2D eigenvalue weighted by Crippen LogP contribution is -2.52. The summed E-state index contributed by atoms with van der Waals surface area (Å²) < 4.78 is 10.7. The Morgan fingerprint density at radius 2 is 2.06 bits per heavy atom. The molecule has 4 rings (SSSR count). The number of phenolic OH excluding ortho intramolecular Hbond substituents is 1. The normalized spacial score (nSPS) is 21.4. The standard InChI is InChI=1S/C25H34N2O5/c1-17-20-9-8-19(28)14-23(20)32-25(30)21(17)15-24(29)27(12-13-31-2)16-18-6-5-11-26-10-4-3-7-22(18)26/h8-9,14,18,22,28H,3-7,10-13,15-16H2,1-2H3/t18-,22+/m0/s1. The zero-order valence-electron chi connectivity index (χ0n) is 19.1. The van der Waals surface area contributed by atoms with Crippen LogP contribution in [0.2, 0.25) is 0 Å². The summed E-state index contributed by atoms with van der Waals surface area (Å²) in [6.45, 7) is 5.86. The molecule has 2 aliphatic rings. The van der Waals surface area contributed by atoms with Gasteiger partial charge in [-0.25, -0.2) is 4.79 Å². The number of hydrogen-bond acceptors (Lipinski definition) is 6. The molecule has 174 valence electrons. The number of piperidine rings is 2. The smallest absolute Gasteiger partial charge is 0.340 e.